The van der Waals surface area contributed by atoms with E-state index in [-0.39, 0.29) is 0 Å². The normalized spacial score (nSPS) is 10.0. The third kappa shape index (κ3) is 1.74. The van der Waals surface area contributed by atoms with E-state index in [1.165, 1.54) is 6.21 Å². The van der Waals surface area contributed by atoms with Crippen LogP contribution in [0.15, 0.2) is 23.4 Å². The fourth-order valence-electron chi connectivity index (χ4n) is 0.562. The first kappa shape index (κ1) is 6.54. The van der Waals surface area contributed by atoms with Crippen LogP contribution in [0.5, 0.6) is 0 Å². The van der Waals surface area contributed by atoms with E-state index in [1.807, 2.05) is 12.1 Å². The van der Waals surface area contributed by atoms with E-state index in [4.69, 9.17) is 0 Å². The molecule has 1 amide bonds. The fourth-order valence-corrected chi connectivity index (χ4v) is 0.562. The van der Waals surface area contributed by atoms with Crippen molar-refractivity contribution in [2.45, 2.75) is 0 Å². The highest BCUT2D eigenvalue weighted by Gasteiger charge is 1.81. The number of carbonyl (C=O) groups excluding carboxylic acids is 1. The molecular weight excluding hydrogens is 130 g/mol. The van der Waals surface area contributed by atoms with Crippen molar-refractivity contribution in [2.75, 3.05) is 0 Å². The van der Waals surface area contributed by atoms with Crippen LogP contribution in [0.4, 0.5) is 0 Å². The van der Waals surface area contributed by atoms with Crippen molar-refractivity contribution in [2.24, 2.45) is 5.10 Å². The van der Waals surface area contributed by atoms with E-state index in [2.05, 4.69) is 15.5 Å². The number of hydrogen-bond acceptors (Lipinski definition) is 2. The number of H-pyrrole nitrogens is 1. The number of hydrogen-bond donors (Lipinski definition) is 2. The molecule has 1 heterocycles. The Morgan fingerprint density at radius 2 is 2.60 bits per heavy atom. The summed E-state index contributed by atoms with van der Waals surface area (Å²) in [5.41, 5.74) is 3.01. The Hall–Kier alpha value is -1.58. The Morgan fingerprint density at radius 1 is 1.70 bits per heavy atom. The highest BCUT2D eigenvalue weighted by atomic mass is 16.1. The first-order valence-electron chi connectivity index (χ1n) is 2.79. The minimum absolute atomic E-state index is 0.513. The van der Waals surface area contributed by atoms with Gasteiger partial charge in [0.1, 0.15) is 0 Å². The number of aromatic nitrogens is 1. The van der Waals surface area contributed by atoms with Crippen molar-refractivity contribution in [1.82, 2.24) is 10.4 Å². The molecule has 0 fully saturated rings. The van der Waals surface area contributed by atoms with Crippen LogP contribution in [0, 0.1) is 0 Å². The van der Waals surface area contributed by atoms with Crippen LogP contribution < -0.4 is 5.43 Å². The summed E-state index contributed by atoms with van der Waals surface area (Å²) in [4.78, 5) is 12.6. The average molecular weight is 137 g/mol. The second-order valence-corrected chi connectivity index (χ2v) is 1.63. The van der Waals surface area contributed by atoms with E-state index in [9.17, 15) is 4.79 Å². The van der Waals surface area contributed by atoms with Crippen LogP contribution in [0.25, 0.3) is 0 Å². The summed E-state index contributed by atoms with van der Waals surface area (Å²) in [6.45, 7) is 0. The standard InChI is InChI=1S/C6H7N3O/c10-5-9-8-4-6-2-1-3-7-6/h1-5,7H,(H,9,10)/b8-4-. The molecule has 1 aromatic heterocycles. The summed E-state index contributed by atoms with van der Waals surface area (Å²) >= 11 is 0. The van der Waals surface area contributed by atoms with Gasteiger partial charge in [-0.05, 0) is 12.1 Å². The van der Waals surface area contributed by atoms with Gasteiger partial charge in [0.2, 0.25) is 6.41 Å². The second-order valence-electron chi connectivity index (χ2n) is 1.63. The predicted octanol–water partition coefficient (Wildman–Crippen LogP) is 0.0946. The SMILES string of the molecule is O=CN/N=C\c1ccc[nH]1. The Kier molecular flexibility index (Phi) is 2.25. The van der Waals surface area contributed by atoms with Crippen LogP contribution in [-0.4, -0.2) is 17.6 Å². The Bertz CT molecular complexity index is 215. The molecule has 0 saturated heterocycles. The maximum atomic E-state index is 9.70. The van der Waals surface area contributed by atoms with Gasteiger partial charge in [-0.1, -0.05) is 0 Å². The largest absolute Gasteiger partial charge is 0.360 e. The van der Waals surface area contributed by atoms with Gasteiger partial charge in [-0.25, -0.2) is 5.43 Å². The predicted molar refractivity (Wildman–Crippen MR) is 37.6 cm³/mol. The molecule has 0 aliphatic heterocycles. The fraction of sp³-hybridized carbons (Fsp3) is 0. The third-order valence-electron chi connectivity index (χ3n) is 0.953. The molecule has 0 aliphatic rings. The zero-order valence-corrected chi connectivity index (χ0v) is 5.24. The number of hydrazone groups is 1. The maximum Gasteiger partial charge on any atom is 0.227 e. The molecule has 0 aromatic carbocycles. The molecular formula is C6H7N3O. The molecule has 4 nitrogen and oxygen atoms in total. The first-order valence-corrected chi connectivity index (χ1v) is 2.79. The number of nitrogens with one attached hydrogen (secondary N) is 2. The van der Waals surface area contributed by atoms with Gasteiger partial charge in [-0.2, -0.15) is 5.10 Å². The molecule has 0 radical (unpaired) electrons. The summed E-state index contributed by atoms with van der Waals surface area (Å²) in [7, 11) is 0. The van der Waals surface area contributed by atoms with Crippen molar-refractivity contribution in [3.8, 4) is 0 Å². The monoisotopic (exact) mass is 137 g/mol. The zero-order valence-electron chi connectivity index (χ0n) is 5.24. The Balaban J connectivity index is 2.47. The minimum atomic E-state index is 0.513. The number of amides is 1. The summed E-state index contributed by atoms with van der Waals surface area (Å²) in [5, 5.41) is 3.56. The summed E-state index contributed by atoms with van der Waals surface area (Å²) < 4.78 is 0. The van der Waals surface area contributed by atoms with E-state index >= 15 is 0 Å². The average Bonchev–Trinajstić information content (AvgIpc) is 2.41. The van der Waals surface area contributed by atoms with Crippen molar-refractivity contribution < 1.29 is 4.79 Å². The zero-order chi connectivity index (χ0) is 7.23. The highest BCUT2D eigenvalue weighted by molar-refractivity contribution is 5.77. The molecule has 52 valence electrons. The minimum Gasteiger partial charge on any atom is -0.360 e. The summed E-state index contributed by atoms with van der Waals surface area (Å²) in [6, 6.07) is 3.69. The molecule has 0 unspecified atom stereocenters. The smallest absolute Gasteiger partial charge is 0.227 e. The Morgan fingerprint density at radius 3 is 3.20 bits per heavy atom. The van der Waals surface area contributed by atoms with Crippen LogP contribution >= 0.6 is 0 Å². The molecule has 0 bridgehead atoms. The molecule has 0 aliphatic carbocycles. The molecule has 4 heteroatoms. The Labute approximate surface area is 57.9 Å². The van der Waals surface area contributed by atoms with E-state index < -0.39 is 0 Å². The van der Waals surface area contributed by atoms with Crippen molar-refractivity contribution in [3.05, 3.63) is 24.0 Å². The third-order valence-corrected chi connectivity index (χ3v) is 0.953. The summed E-state index contributed by atoms with van der Waals surface area (Å²) in [5.74, 6) is 0. The number of rotatable bonds is 3. The topological polar surface area (TPSA) is 57.2 Å². The van der Waals surface area contributed by atoms with Gasteiger partial charge >= 0.3 is 0 Å². The number of carbonyl (C=O) groups is 1. The van der Waals surface area contributed by atoms with Crippen LogP contribution in [-0.2, 0) is 4.79 Å². The van der Waals surface area contributed by atoms with E-state index in [0.29, 0.717) is 6.41 Å². The molecule has 10 heavy (non-hydrogen) atoms. The van der Waals surface area contributed by atoms with Gasteiger partial charge < -0.3 is 4.98 Å². The molecule has 1 rings (SSSR count). The molecule has 0 atom stereocenters. The molecule has 0 saturated carbocycles. The summed E-state index contributed by atoms with van der Waals surface area (Å²) in [6.07, 6.45) is 3.82. The lowest BCUT2D eigenvalue weighted by Crippen LogP contribution is -2.00. The molecule has 1 aromatic rings. The van der Waals surface area contributed by atoms with Gasteiger partial charge in [0.05, 0.1) is 11.9 Å². The van der Waals surface area contributed by atoms with Gasteiger partial charge in [-0.3, -0.25) is 4.79 Å². The van der Waals surface area contributed by atoms with Crippen LogP contribution in [0.3, 0.4) is 0 Å². The lowest BCUT2D eigenvalue weighted by Gasteiger charge is -1.82. The quantitative estimate of drug-likeness (QED) is 0.346. The first-order chi connectivity index (χ1) is 4.93. The lowest BCUT2D eigenvalue weighted by atomic mass is 10.5. The molecule has 0 spiro atoms. The second kappa shape index (κ2) is 3.45. The van der Waals surface area contributed by atoms with Gasteiger partial charge in [0.15, 0.2) is 0 Å². The number of nitrogens with zero attached hydrogens (tertiary/aromatic N) is 1. The van der Waals surface area contributed by atoms with Gasteiger partial charge in [-0.15, -0.1) is 0 Å². The van der Waals surface area contributed by atoms with E-state index in [1.54, 1.807) is 6.20 Å². The highest BCUT2D eigenvalue weighted by Crippen LogP contribution is 1.87. The maximum absolute atomic E-state index is 9.70. The lowest BCUT2D eigenvalue weighted by molar-refractivity contribution is -0.109. The molecule has 2 N–H and O–H groups in total. The van der Waals surface area contributed by atoms with Gasteiger partial charge in [0.25, 0.3) is 0 Å². The van der Waals surface area contributed by atoms with E-state index in [0.717, 1.165) is 5.69 Å². The van der Waals surface area contributed by atoms with Crippen LogP contribution in [0.1, 0.15) is 5.69 Å². The van der Waals surface area contributed by atoms with Crippen molar-refractivity contribution >= 4 is 12.6 Å². The van der Waals surface area contributed by atoms with Crippen molar-refractivity contribution in [1.29, 1.82) is 0 Å². The number of aromatic amines is 1. The van der Waals surface area contributed by atoms with Crippen molar-refractivity contribution in [3.63, 3.8) is 0 Å². The van der Waals surface area contributed by atoms with Gasteiger partial charge in [0, 0.05) is 6.20 Å². The van der Waals surface area contributed by atoms with Crippen LogP contribution in [0.2, 0.25) is 0 Å².